The van der Waals surface area contributed by atoms with Gasteiger partial charge in [-0.1, -0.05) is 0 Å². The first-order valence-corrected chi connectivity index (χ1v) is 2.86. The molecule has 4 N–H and O–H groups in total. The van der Waals surface area contributed by atoms with Crippen molar-refractivity contribution in [2.24, 2.45) is 11.7 Å². The highest BCUT2D eigenvalue weighted by molar-refractivity contribution is 5.85. The van der Waals surface area contributed by atoms with Crippen LogP contribution in [0.3, 0.4) is 0 Å². The Hall–Kier alpha value is -0.920. The molecule has 0 bridgehead atoms. The van der Waals surface area contributed by atoms with Gasteiger partial charge < -0.3 is 0 Å². The van der Waals surface area contributed by atoms with Gasteiger partial charge in [-0.15, -0.1) is 12.4 Å². The van der Waals surface area contributed by atoms with Crippen molar-refractivity contribution in [3.05, 3.63) is 35.2 Å². The topological polar surface area (TPSA) is 52.0 Å². The Labute approximate surface area is 82.1 Å². The van der Waals surface area contributed by atoms with Crippen molar-refractivity contribution in [1.82, 2.24) is 0 Å². The number of nitrogens with two attached hydrogens (primary N) is 2. The van der Waals surface area contributed by atoms with Crippen LogP contribution in [0, 0.1) is 29.1 Å². The second kappa shape index (κ2) is 6.52. The third kappa shape index (κ3) is 3.09. The Balaban J connectivity index is 0. The van der Waals surface area contributed by atoms with Crippen molar-refractivity contribution >= 4 is 12.4 Å². The van der Waals surface area contributed by atoms with Crippen LogP contribution < -0.4 is 11.7 Å². The molecule has 1 aromatic carbocycles. The molecule has 1 rings (SSSR count). The summed E-state index contributed by atoms with van der Waals surface area (Å²) in [5.74, 6) is -1.65. The van der Waals surface area contributed by atoms with E-state index in [1.54, 1.807) is 0 Å². The van der Waals surface area contributed by atoms with Crippen molar-refractivity contribution in [2.75, 3.05) is 0 Å². The molecule has 0 saturated carbocycles. The molecule has 0 heterocycles. The summed E-state index contributed by atoms with van der Waals surface area (Å²) in [6.45, 7) is 0. The van der Waals surface area contributed by atoms with Gasteiger partial charge in [-0.25, -0.2) is 22.0 Å². The first kappa shape index (κ1) is 15.5. The highest BCUT2D eigenvalue weighted by Crippen LogP contribution is 2.16. The summed E-state index contributed by atoms with van der Waals surface area (Å²) in [4.78, 5) is 0. The van der Waals surface area contributed by atoms with Gasteiger partial charge in [-0.05, 0) is 0 Å². The highest BCUT2D eigenvalue weighted by atomic mass is 35.5. The number of hydrogen-bond acceptors (Lipinski definition) is 2. The lowest BCUT2D eigenvalue weighted by molar-refractivity contribution is 0.378. The largest absolute Gasteiger partial charge is 0.274 e. The minimum absolute atomic E-state index is 0. The van der Waals surface area contributed by atoms with E-state index < -0.39 is 29.1 Å². The van der Waals surface area contributed by atoms with E-state index in [2.05, 4.69) is 11.7 Å². The van der Waals surface area contributed by atoms with Crippen LogP contribution in [-0.4, -0.2) is 0 Å². The number of benzene rings is 1. The van der Waals surface area contributed by atoms with Crippen molar-refractivity contribution < 1.29 is 22.0 Å². The second-order valence-electron chi connectivity index (χ2n) is 1.78. The van der Waals surface area contributed by atoms with Crippen molar-refractivity contribution in [3.63, 3.8) is 0 Å². The first-order valence-electron chi connectivity index (χ1n) is 2.86. The maximum absolute atomic E-state index is 12.0. The van der Waals surface area contributed by atoms with E-state index >= 15 is 0 Å². The standard InChI is InChI=1S/C6HF5.ClH.H4N2/c7-2-1-3(8)5(10)6(11)4(2)9;;1-2/h1H;1H;1-2H2. The molecule has 0 aromatic heterocycles. The van der Waals surface area contributed by atoms with Gasteiger partial charge in [-0.2, -0.15) is 0 Å². The predicted octanol–water partition coefficient (Wildman–Crippen LogP) is 1.62. The summed E-state index contributed by atoms with van der Waals surface area (Å²) >= 11 is 0. The molecule has 0 saturated heterocycles. The molecule has 0 aliphatic heterocycles. The molecule has 0 unspecified atom stereocenters. The summed E-state index contributed by atoms with van der Waals surface area (Å²) in [5.41, 5.74) is 0. The SMILES string of the molecule is Cl.Fc1cc(F)c(F)c(F)c1F.NN. The molecule has 0 spiro atoms. The molecular formula is C6H6ClF5N2. The number of halogens is 6. The zero-order valence-electron chi connectivity index (χ0n) is 6.53. The molecule has 0 radical (unpaired) electrons. The normalized spacial score (nSPS) is 8.50. The molecule has 0 fully saturated rings. The van der Waals surface area contributed by atoms with Crippen LogP contribution in [0.15, 0.2) is 6.07 Å². The predicted molar refractivity (Wildman–Crippen MR) is 41.9 cm³/mol. The Morgan fingerprint density at radius 1 is 0.714 bits per heavy atom. The average molecular weight is 237 g/mol. The fourth-order valence-electron chi connectivity index (χ4n) is 0.544. The third-order valence-corrected chi connectivity index (χ3v) is 1.06. The van der Waals surface area contributed by atoms with Gasteiger partial charge in [0.05, 0.1) is 0 Å². The molecule has 14 heavy (non-hydrogen) atoms. The lowest BCUT2D eigenvalue weighted by atomic mass is 10.3. The van der Waals surface area contributed by atoms with Crippen LogP contribution in [0.2, 0.25) is 0 Å². The van der Waals surface area contributed by atoms with E-state index in [-0.39, 0.29) is 18.5 Å². The minimum atomic E-state index is -2.14. The van der Waals surface area contributed by atoms with Crippen LogP contribution in [-0.2, 0) is 0 Å². The summed E-state index contributed by atoms with van der Waals surface area (Å²) < 4.78 is 60.0. The smallest absolute Gasteiger partial charge is 0.200 e. The quantitative estimate of drug-likeness (QED) is 0.236. The van der Waals surface area contributed by atoms with E-state index in [1.807, 2.05) is 0 Å². The van der Waals surface area contributed by atoms with Gasteiger partial charge in [-0.3, -0.25) is 11.7 Å². The summed E-state index contributed by atoms with van der Waals surface area (Å²) in [6, 6.07) is -0.0618. The van der Waals surface area contributed by atoms with Crippen LogP contribution >= 0.6 is 12.4 Å². The first-order chi connectivity index (χ1) is 6.04. The highest BCUT2D eigenvalue weighted by Gasteiger charge is 2.18. The fraction of sp³-hybridized carbons (Fsp3) is 0. The van der Waals surface area contributed by atoms with Crippen molar-refractivity contribution in [1.29, 1.82) is 0 Å². The maximum Gasteiger partial charge on any atom is 0.200 e. The van der Waals surface area contributed by atoms with Gasteiger partial charge in [0.2, 0.25) is 5.82 Å². The monoisotopic (exact) mass is 236 g/mol. The van der Waals surface area contributed by atoms with Crippen molar-refractivity contribution in [3.8, 4) is 0 Å². The van der Waals surface area contributed by atoms with E-state index in [0.29, 0.717) is 0 Å². The van der Waals surface area contributed by atoms with Gasteiger partial charge >= 0.3 is 0 Å². The Bertz CT molecular complexity index is 281. The van der Waals surface area contributed by atoms with E-state index in [4.69, 9.17) is 0 Å². The zero-order valence-corrected chi connectivity index (χ0v) is 7.35. The van der Waals surface area contributed by atoms with Crippen LogP contribution in [0.1, 0.15) is 0 Å². The summed E-state index contributed by atoms with van der Waals surface area (Å²) in [6.07, 6.45) is 0. The molecule has 1 aromatic rings. The molecule has 8 heteroatoms. The number of rotatable bonds is 0. The summed E-state index contributed by atoms with van der Waals surface area (Å²) in [7, 11) is 0. The van der Waals surface area contributed by atoms with Crippen LogP contribution in [0.4, 0.5) is 22.0 Å². The molecule has 0 aliphatic carbocycles. The lowest BCUT2D eigenvalue weighted by Gasteiger charge is -1.96. The van der Waals surface area contributed by atoms with Crippen LogP contribution in [0.25, 0.3) is 0 Å². The van der Waals surface area contributed by atoms with Gasteiger partial charge in [0, 0.05) is 6.07 Å². The average Bonchev–Trinajstić information content (AvgIpc) is 2.15. The van der Waals surface area contributed by atoms with E-state index in [0.717, 1.165) is 0 Å². The number of hydrazine groups is 1. The molecule has 0 aliphatic rings. The molecule has 82 valence electrons. The fourth-order valence-corrected chi connectivity index (χ4v) is 0.544. The van der Waals surface area contributed by atoms with Crippen LogP contribution in [0.5, 0.6) is 0 Å². The maximum atomic E-state index is 12.0. The Kier molecular flexibility index (Phi) is 7.24. The Morgan fingerprint density at radius 2 is 1.00 bits per heavy atom. The van der Waals surface area contributed by atoms with Gasteiger partial charge in [0.1, 0.15) is 0 Å². The molecule has 2 nitrogen and oxygen atoms in total. The molecule has 0 amide bonds. The summed E-state index contributed by atoms with van der Waals surface area (Å²) in [5, 5.41) is 0. The van der Waals surface area contributed by atoms with E-state index in [9.17, 15) is 22.0 Å². The van der Waals surface area contributed by atoms with Gasteiger partial charge in [0.25, 0.3) is 0 Å². The molecular weight excluding hydrogens is 231 g/mol. The number of hydrogen-bond donors (Lipinski definition) is 2. The minimum Gasteiger partial charge on any atom is -0.274 e. The van der Waals surface area contributed by atoms with Crippen molar-refractivity contribution in [2.45, 2.75) is 0 Å². The van der Waals surface area contributed by atoms with E-state index in [1.165, 1.54) is 0 Å². The second-order valence-corrected chi connectivity index (χ2v) is 1.78. The third-order valence-electron chi connectivity index (χ3n) is 1.06. The lowest BCUT2D eigenvalue weighted by Crippen LogP contribution is -2.02. The zero-order chi connectivity index (χ0) is 10.6. The molecule has 0 atom stereocenters. The Morgan fingerprint density at radius 3 is 1.29 bits per heavy atom. The van der Waals surface area contributed by atoms with Gasteiger partial charge in [0.15, 0.2) is 23.3 Å².